The van der Waals surface area contributed by atoms with Crippen LogP contribution in [-0.2, 0) is 13.5 Å². The lowest BCUT2D eigenvalue weighted by atomic mass is 10.2. The number of hydrogen-bond acceptors (Lipinski definition) is 7. The molecule has 0 aliphatic heterocycles. The van der Waals surface area contributed by atoms with Crippen molar-refractivity contribution in [2.45, 2.75) is 6.42 Å². The third-order valence-electron chi connectivity index (χ3n) is 3.05. The quantitative estimate of drug-likeness (QED) is 0.764. The molecule has 0 aliphatic carbocycles. The average molecular weight is 286 g/mol. The summed E-state index contributed by atoms with van der Waals surface area (Å²) in [5.74, 6) is 1.96. The molecule has 0 saturated carbocycles. The van der Waals surface area contributed by atoms with Crippen LogP contribution in [0.25, 0.3) is 11.5 Å². The first-order valence-electron chi connectivity index (χ1n) is 6.26. The molecule has 0 unspecified atom stereocenters. The number of anilines is 1. The number of methoxy groups -OCH3 is 1. The van der Waals surface area contributed by atoms with Crippen molar-refractivity contribution in [2.24, 2.45) is 7.05 Å². The average Bonchev–Trinajstić information content (AvgIpc) is 3.08. The molecular weight excluding hydrogens is 272 g/mol. The SMILES string of the molecule is COc1ccc(Cc2noc(-c3cnn(C)c3N)n2)cn1. The van der Waals surface area contributed by atoms with Crippen molar-refractivity contribution in [3.05, 3.63) is 35.9 Å². The largest absolute Gasteiger partial charge is 0.481 e. The fraction of sp³-hybridized carbons (Fsp3) is 0.231. The number of nitrogens with zero attached hydrogens (tertiary/aromatic N) is 5. The lowest BCUT2D eigenvalue weighted by molar-refractivity contribution is 0.397. The van der Waals surface area contributed by atoms with Gasteiger partial charge in [-0.3, -0.25) is 4.68 Å². The van der Waals surface area contributed by atoms with Crippen LogP contribution in [0.5, 0.6) is 5.88 Å². The van der Waals surface area contributed by atoms with E-state index in [2.05, 4.69) is 20.2 Å². The van der Waals surface area contributed by atoms with Gasteiger partial charge in [-0.05, 0) is 5.56 Å². The maximum atomic E-state index is 5.88. The first-order chi connectivity index (χ1) is 10.2. The smallest absolute Gasteiger partial charge is 0.263 e. The molecule has 108 valence electrons. The predicted octanol–water partition coefficient (Wildman–Crippen LogP) is 1.05. The molecule has 3 heterocycles. The van der Waals surface area contributed by atoms with E-state index in [9.17, 15) is 0 Å². The second kappa shape index (κ2) is 5.23. The molecule has 3 aromatic heterocycles. The van der Waals surface area contributed by atoms with Crippen molar-refractivity contribution < 1.29 is 9.26 Å². The summed E-state index contributed by atoms with van der Waals surface area (Å²) in [6.07, 6.45) is 3.83. The molecule has 0 saturated heterocycles. The Balaban J connectivity index is 1.80. The zero-order valence-electron chi connectivity index (χ0n) is 11.6. The number of ether oxygens (including phenoxy) is 1. The first kappa shape index (κ1) is 13.1. The molecule has 0 aromatic carbocycles. The van der Waals surface area contributed by atoms with Crippen LogP contribution in [0.1, 0.15) is 11.4 Å². The number of aromatic nitrogens is 5. The van der Waals surface area contributed by atoms with Gasteiger partial charge in [0, 0.05) is 25.7 Å². The highest BCUT2D eigenvalue weighted by molar-refractivity contribution is 5.66. The van der Waals surface area contributed by atoms with E-state index in [0.29, 0.717) is 35.4 Å². The van der Waals surface area contributed by atoms with Crippen molar-refractivity contribution in [3.8, 4) is 17.3 Å². The normalized spacial score (nSPS) is 10.8. The van der Waals surface area contributed by atoms with Crippen LogP contribution in [0, 0.1) is 0 Å². The van der Waals surface area contributed by atoms with Crippen LogP contribution in [0.4, 0.5) is 5.82 Å². The van der Waals surface area contributed by atoms with E-state index in [4.69, 9.17) is 15.0 Å². The van der Waals surface area contributed by atoms with Gasteiger partial charge in [0.2, 0.25) is 5.88 Å². The molecule has 8 nitrogen and oxygen atoms in total. The van der Waals surface area contributed by atoms with Gasteiger partial charge < -0.3 is 15.0 Å². The van der Waals surface area contributed by atoms with Crippen molar-refractivity contribution in [2.75, 3.05) is 12.8 Å². The maximum absolute atomic E-state index is 5.88. The minimum atomic E-state index is 0.358. The van der Waals surface area contributed by atoms with Crippen molar-refractivity contribution in [1.29, 1.82) is 0 Å². The summed E-state index contributed by atoms with van der Waals surface area (Å²) in [7, 11) is 3.32. The fourth-order valence-corrected chi connectivity index (χ4v) is 1.87. The summed E-state index contributed by atoms with van der Waals surface area (Å²) in [5, 5.41) is 7.99. The standard InChI is InChI=1S/C13H14N6O2/c1-19-12(14)9(7-16-19)13-17-10(18-21-13)5-8-3-4-11(20-2)15-6-8/h3-4,6-7H,5,14H2,1-2H3. The van der Waals surface area contributed by atoms with E-state index < -0.39 is 0 Å². The number of aryl methyl sites for hydroxylation is 1. The topological polar surface area (TPSA) is 105 Å². The Morgan fingerprint density at radius 2 is 2.19 bits per heavy atom. The summed E-state index contributed by atoms with van der Waals surface area (Å²) >= 11 is 0. The molecule has 0 radical (unpaired) electrons. The third kappa shape index (κ3) is 2.55. The monoisotopic (exact) mass is 286 g/mol. The summed E-state index contributed by atoms with van der Waals surface area (Å²) in [5.41, 5.74) is 7.47. The van der Waals surface area contributed by atoms with Crippen LogP contribution in [0.15, 0.2) is 29.0 Å². The highest BCUT2D eigenvalue weighted by Crippen LogP contribution is 2.23. The number of nitrogen functional groups attached to an aromatic ring is 1. The van der Waals surface area contributed by atoms with Gasteiger partial charge >= 0.3 is 0 Å². The number of hydrogen-bond donors (Lipinski definition) is 1. The van der Waals surface area contributed by atoms with Crippen molar-refractivity contribution in [3.63, 3.8) is 0 Å². The van der Waals surface area contributed by atoms with Crippen LogP contribution >= 0.6 is 0 Å². The van der Waals surface area contributed by atoms with Crippen LogP contribution < -0.4 is 10.5 Å². The highest BCUT2D eigenvalue weighted by Gasteiger charge is 2.15. The van der Waals surface area contributed by atoms with Gasteiger partial charge in [0.05, 0.1) is 13.3 Å². The van der Waals surface area contributed by atoms with Gasteiger partial charge in [-0.2, -0.15) is 10.1 Å². The minimum absolute atomic E-state index is 0.358. The Hall–Kier alpha value is -2.90. The number of pyridine rings is 1. The van der Waals surface area contributed by atoms with E-state index in [1.54, 1.807) is 37.3 Å². The summed E-state index contributed by atoms with van der Waals surface area (Å²) in [6.45, 7) is 0. The van der Waals surface area contributed by atoms with E-state index in [0.717, 1.165) is 5.56 Å². The predicted molar refractivity (Wildman–Crippen MR) is 74.5 cm³/mol. The Morgan fingerprint density at radius 1 is 1.33 bits per heavy atom. The van der Waals surface area contributed by atoms with Gasteiger partial charge in [0.1, 0.15) is 11.4 Å². The molecule has 3 aromatic rings. The van der Waals surface area contributed by atoms with Gasteiger partial charge in [-0.25, -0.2) is 4.98 Å². The molecule has 8 heteroatoms. The van der Waals surface area contributed by atoms with Crippen LogP contribution in [0.2, 0.25) is 0 Å². The summed E-state index contributed by atoms with van der Waals surface area (Å²) < 4.78 is 11.8. The van der Waals surface area contributed by atoms with Crippen molar-refractivity contribution >= 4 is 5.82 Å². The Kier molecular flexibility index (Phi) is 3.27. The Bertz CT molecular complexity index is 746. The molecule has 0 atom stereocenters. The van der Waals surface area contributed by atoms with Gasteiger partial charge in [0.25, 0.3) is 5.89 Å². The molecule has 0 fully saturated rings. The molecule has 21 heavy (non-hydrogen) atoms. The van der Waals surface area contributed by atoms with E-state index in [1.165, 1.54) is 0 Å². The number of rotatable bonds is 4. The zero-order valence-corrected chi connectivity index (χ0v) is 11.6. The molecule has 2 N–H and O–H groups in total. The lowest BCUT2D eigenvalue weighted by Crippen LogP contribution is -1.98. The molecule has 0 amide bonds. The maximum Gasteiger partial charge on any atom is 0.263 e. The second-order valence-electron chi connectivity index (χ2n) is 4.47. The van der Waals surface area contributed by atoms with Crippen molar-refractivity contribution in [1.82, 2.24) is 24.9 Å². The van der Waals surface area contributed by atoms with Crippen LogP contribution in [-0.4, -0.2) is 32.0 Å². The summed E-state index contributed by atoms with van der Waals surface area (Å²) in [6, 6.07) is 3.69. The molecule has 0 spiro atoms. The molecule has 0 aliphatic rings. The molecule has 3 rings (SSSR count). The second-order valence-corrected chi connectivity index (χ2v) is 4.47. The van der Waals surface area contributed by atoms with Gasteiger partial charge in [0.15, 0.2) is 5.82 Å². The van der Waals surface area contributed by atoms with Gasteiger partial charge in [-0.1, -0.05) is 11.2 Å². The zero-order chi connectivity index (χ0) is 14.8. The molecule has 0 bridgehead atoms. The Labute approximate surface area is 120 Å². The van der Waals surface area contributed by atoms with Crippen LogP contribution in [0.3, 0.4) is 0 Å². The lowest BCUT2D eigenvalue weighted by Gasteiger charge is -1.99. The first-order valence-corrected chi connectivity index (χ1v) is 6.26. The minimum Gasteiger partial charge on any atom is -0.481 e. The third-order valence-corrected chi connectivity index (χ3v) is 3.05. The van der Waals surface area contributed by atoms with E-state index >= 15 is 0 Å². The highest BCUT2D eigenvalue weighted by atomic mass is 16.5. The fourth-order valence-electron chi connectivity index (χ4n) is 1.87. The Morgan fingerprint density at radius 3 is 2.81 bits per heavy atom. The summed E-state index contributed by atoms with van der Waals surface area (Å²) in [4.78, 5) is 8.46. The van der Waals surface area contributed by atoms with Gasteiger partial charge in [-0.15, -0.1) is 0 Å². The van der Waals surface area contributed by atoms with E-state index in [-0.39, 0.29) is 0 Å². The van der Waals surface area contributed by atoms with E-state index in [1.807, 2.05) is 6.07 Å². The molecular formula is C13H14N6O2. The number of nitrogens with two attached hydrogens (primary N) is 1.